The lowest BCUT2D eigenvalue weighted by Crippen LogP contribution is -2.19. The number of hydrogen-bond donors (Lipinski definition) is 0. The largest absolute Gasteiger partial charge is 0.496 e. The van der Waals surface area contributed by atoms with E-state index >= 15 is 0 Å². The van der Waals surface area contributed by atoms with Crippen molar-refractivity contribution in [2.45, 2.75) is 32.4 Å². The second kappa shape index (κ2) is 7.06. The van der Waals surface area contributed by atoms with E-state index < -0.39 is 11.7 Å². The summed E-state index contributed by atoms with van der Waals surface area (Å²) in [6.45, 7) is 2.07. The van der Waals surface area contributed by atoms with Crippen LogP contribution in [0.1, 0.15) is 37.3 Å². The average molecular weight is 328 g/mol. The number of ether oxygens (including phenoxy) is 2. The van der Waals surface area contributed by atoms with Crippen LogP contribution in [0.2, 0.25) is 0 Å². The Morgan fingerprint density at radius 2 is 2.09 bits per heavy atom. The molecule has 0 N–H and O–H groups in total. The lowest BCUT2D eigenvalue weighted by molar-refractivity contribution is -0.148. The van der Waals surface area contributed by atoms with Gasteiger partial charge in [-0.05, 0) is 50.0 Å². The molecule has 0 aliphatic heterocycles. The summed E-state index contributed by atoms with van der Waals surface area (Å²) in [6.07, 6.45) is -1.05. The molecule has 0 spiro atoms. The number of allylic oxidation sites excluding steroid dienone is 2. The first-order valence-corrected chi connectivity index (χ1v) is 7.48. The van der Waals surface area contributed by atoms with Gasteiger partial charge < -0.3 is 9.47 Å². The van der Waals surface area contributed by atoms with E-state index in [4.69, 9.17) is 9.47 Å². The molecule has 0 fully saturated rings. The molecule has 0 heterocycles. The van der Waals surface area contributed by atoms with E-state index in [-0.39, 0.29) is 11.9 Å². The molecule has 6 heteroatoms. The van der Waals surface area contributed by atoms with Gasteiger partial charge in [0.05, 0.1) is 25.2 Å². The highest BCUT2D eigenvalue weighted by atomic mass is 19.4. The molecule has 0 aromatic heterocycles. The second-order valence-corrected chi connectivity index (χ2v) is 5.37. The van der Waals surface area contributed by atoms with E-state index in [2.05, 4.69) is 0 Å². The van der Waals surface area contributed by atoms with Gasteiger partial charge in [-0.15, -0.1) is 0 Å². The fourth-order valence-electron chi connectivity index (χ4n) is 2.69. The number of methoxy groups -OCH3 is 1. The molecule has 1 aromatic carbocycles. The van der Waals surface area contributed by atoms with Crippen molar-refractivity contribution in [1.29, 1.82) is 0 Å². The van der Waals surface area contributed by atoms with Crippen LogP contribution >= 0.6 is 0 Å². The number of rotatable bonds is 4. The van der Waals surface area contributed by atoms with Crippen LogP contribution in [0.4, 0.5) is 13.2 Å². The van der Waals surface area contributed by atoms with Crippen LogP contribution in [0, 0.1) is 5.92 Å². The predicted octanol–water partition coefficient (Wildman–Crippen LogP) is 4.46. The van der Waals surface area contributed by atoms with Crippen LogP contribution in [0.25, 0.3) is 5.57 Å². The zero-order valence-corrected chi connectivity index (χ0v) is 13.1. The van der Waals surface area contributed by atoms with Crippen molar-refractivity contribution in [3.05, 3.63) is 35.4 Å². The Labute approximate surface area is 133 Å². The Bertz CT molecular complexity index is 606. The van der Waals surface area contributed by atoms with Gasteiger partial charge in [0.25, 0.3) is 0 Å². The van der Waals surface area contributed by atoms with Gasteiger partial charge in [-0.1, -0.05) is 6.08 Å². The van der Waals surface area contributed by atoms with Gasteiger partial charge in [0.15, 0.2) is 0 Å². The molecule has 1 aliphatic carbocycles. The number of alkyl halides is 3. The monoisotopic (exact) mass is 328 g/mol. The highest BCUT2D eigenvalue weighted by Crippen LogP contribution is 2.39. The van der Waals surface area contributed by atoms with E-state index in [9.17, 15) is 18.0 Å². The number of esters is 1. The Morgan fingerprint density at radius 3 is 2.61 bits per heavy atom. The van der Waals surface area contributed by atoms with E-state index in [1.165, 1.54) is 13.2 Å². The Kier molecular flexibility index (Phi) is 5.34. The molecule has 3 nitrogen and oxygen atoms in total. The van der Waals surface area contributed by atoms with E-state index in [1.807, 2.05) is 6.08 Å². The van der Waals surface area contributed by atoms with Crippen LogP contribution in [0.15, 0.2) is 24.3 Å². The van der Waals surface area contributed by atoms with Gasteiger partial charge in [-0.25, -0.2) is 0 Å². The molecule has 0 radical (unpaired) electrons. The standard InChI is InChI=1S/C17H19F3O3/c1-3-23-16(21)12-6-4-11(5-7-12)14-10-13(17(18,19)20)8-9-15(14)22-2/h4,8-10,12H,3,5-7H2,1-2H3. The second-order valence-electron chi connectivity index (χ2n) is 5.37. The molecule has 1 aliphatic rings. The van der Waals surface area contributed by atoms with Gasteiger partial charge >= 0.3 is 12.1 Å². The molecule has 0 amide bonds. The first-order valence-electron chi connectivity index (χ1n) is 7.48. The number of carbonyl (C=O) groups is 1. The summed E-state index contributed by atoms with van der Waals surface area (Å²) in [5.74, 6) is -0.0758. The Hall–Kier alpha value is -1.98. The van der Waals surface area contributed by atoms with E-state index in [1.54, 1.807) is 6.92 Å². The molecule has 0 saturated carbocycles. The predicted molar refractivity (Wildman–Crippen MR) is 79.9 cm³/mol. The highest BCUT2D eigenvalue weighted by molar-refractivity contribution is 5.77. The zero-order chi connectivity index (χ0) is 17.0. The van der Waals surface area contributed by atoms with Crippen LogP contribution in [0.5, 0.6) is 5.75 Å². The summed E-state index contributed by atoms with van der Waals surface area (Å²) in [7, 11) is 1.43. The Balaban J connectivity index is 2.26. The maximum absolute atomic E-state index is 12.9. The van der Waals surface area contributed by atoms with Crippen LogP contribution < -0.4 is 4.74 Å². The zero-order valence-electron chi connectivity index (χ0n) is 13.1. The smallest absolute Gasteiger partial charge is 0.416 e. The maximum atomic E-state index is 12.9. The van der Waals surface area contributed by atoms with Crippen molar-refractivity contribution < 1.29 is 27.4 Å². The quantitative estimate of drug-likeness (QED) is 0.766. The maximum Gasteiger partial charge on any atom is 0.416 e. The SMILES string of the molecule is CCOC(=O)C1CC=C(c2cc(C(F)(F)F)ccc2OC)CC1. The molecule has 0 bridgehead atoms. The third kappa shape index (κ3) is 4.06. The topological polar surface area (TPSA) is 35.5 Å². The van der Waals surface area contributed by atoms with Crippen molar-refractivity contribution in [2.75, 3.05) is 13.7 Å². The van der Waals surface area contributed by atoms with Gasteiger partial charge in [0.2, 0.25) is 0 Å². The molecule has 0 saturated heterocycles. The minimum Gasteiger partial charge on any atom is -0.496 e. The first-order chi connectivity index (χ1) is 10.9. The van der Waals surface area contributed by atoms with E-state index in [0.29, 0.717) is 37.2 Å². The first kappa shape index (κ1) is 17.4. The Morgan fingerprint density at radius 1 is 1.35 bits per heavy atom. The summed E-state index contributed by atoms with van der Waals surface area (Å²) in [5.41, 5.74) is 0.500. The van der Waals surface area contributed by atoms with Crippen LogP contribution in [-0.2, 0) is 15.7 Å². The number of halogens is 3. The highest BCUT2D eigenvalue weighted by Gasteiger charge is 2.32. The lowest BCUT2D eigenvalue weighted by atomic mass is 9.86. The lowest BCUT2D eigenvalue weighted by Gasteiger charge is -2.22. The summed E-state index contributed by atoms with van der Waals surface area (Å²) >= 11 is 0. The van der Waals surface area contributed by atoms with Crippen molar-refractivity contribution in [1.82, 2.24) is 0 Å². The fourth-order valence-corrected chi connectivity index (χ4v) is 2.69. The normalized spacial score (nSPS) is 18.3. The van der Waals surface area contributed by atoms with Gasteiger partial charge in [0.1, 0.15) is 5.75 Å². The van der Waals surface area contributed by atoms with Gasteiger partial charge in [-0.3, -0.25) is 4.79 Å². The third-order valence-corrected chi connectivity index (χ3v) is 3.90. The minimum atomic E-state index is -4.40. The molecule has 1 aromatic rings. The molecular weight excluding hydrogens is 309 g/mol. The summed E-state index contributed by atoms with van der Waals surface area (Å²) in [4.78, 5) is 11.7. The molecule has 1 unspecified atom stereocenters. The molecule has 23 heavy (non-hydrogen) atoms. The van der Waals surface area contributed by atoms with Gasteiger partial charge in [-0.2, -0.15) is 13.2 Å². The van der Waals surface area contributed by atoms with Gasteiger partial charge in [0, 0.05) is 5.56 Å². The molecular formula is C17H19F3O3. The van der Waals surface area contributed by atoms with E-state index in [0.717, 1.165) is 17.7 Å². The van der Waals surface area contributed by atoms with Crippen molar-refractivity contribution in [2.24, 2.45) is 5.92 Å². The van der Waals surface area contributed by atoms with Crippen molar-refractivity contribution >= 4 is 11.5 Å². The van der Waals surface area contributed by atoms with Crippen molar-refractivity contribution in [3.63, 3.8) is 0 Å². The number of carbonyl (C=O) groups excluding carboxylic acids is 1. The summed E-state index contributed by atoms with van der Waals surface area (Å²) < 4.78 is 48.9. The molecule has 126 valence electrons. The number of hydrogen-bond acceptors (Lipinski definition) is 3. The van der Waals surface area contributed by atoms with Crippen LogP contribution in [-0.4, -0.2) is 19.7 Å². The molecule has 2 rings (SSSR count). The number of benzene rings is 1. The average Bonchev–Trinajstić information content (AvgIpc) is 2.53. The van der Waals surface area contributed by atoms with Crippen LogP contribution in [0.3, 0.4) is 0 Å². The minimum absolute atomic E-state index is 0.226. The third-order valence-electron chi connectivity index (χ3n) is 3.90. The summed E-state index contributed by atoms with van der Waals surface area (Å²) in [5, 5.41) is 0. The fraction of sp³-hybridized carbons (Fsp3) is 0.471. The van der Waals surface area contributed by atoms with Crippen molar-refractivity contribution in [3.8, 4) is 5.75 Å². The molecule has 1 atom stereocenters. The summed E-state index contributed by atoms with van der Waals surface area (Å²) in [6, 6.07) is 3.44.